The van der Waals surface area contributed by atoms with Gasteiger partial charge in [0.25, 0.3) is 0 Å². The molecule has 25 heavy (non-hydrogen) atoms. The Morgan fingerprint density at radius 1 is 1.08 bits per heavy atom. The summed E-state index contributed by atoms with van der Waals surface area (Å²) in [5, 5.41) is 0. The summed E-state index contributed by atoms with van der Waals surface area (Å²) in [6.45, 7) is 6.84. The summed E-state index contributed by atoms with van der Waals surface area (Å²) in [6, 6.07) is 8.93. The van der Waals surface area contributed by atoms with Gasteiger partial charge in [-0.05, 0) is 43.9 Å². The molecular formula is C21H28O4. The molecule has 0 aliphatic heterocycles. The van der Waals surface area contributed by atoms with Gasteiger partial charge in [-0.15, -0.1) is 0 Å². The van der Waals surface area contributed by atoms with Crippen LogP contribution in [0.3, 0.4) is 0 Å². The summed E-state index contributed by atoms with van der Waals surface area (Å²) < 4.78 is 16.5. The molecule has 1 aliphatic rings. The fraction of sp³-hybridized carbons (Fsp3) is 0.476. The largest absolute Gasteiger partial charge is 0.470 e. The molecule has 0 saturated carbocycles. The lowest BCUT2D eigenvalue weighted by Gasteiger charge is -2.22. The van der Waals surface area contributed by atoms with Crippen LogP contribution in [0.15, 0.2) is 53.8 Å². The van der Waals surface area contributed by atoms with Crippen LogP contribution >= 0.6 is 0 Å². The highest BCUT2D eigenvalue weighted by atomic mass is 16.7. The lowest BCUT2D eigenvalue weighted by molar-refractivity contribution is -0.113. The van der Waals surface area contributed by atoms with Gasteiger partial charge >= 0.3 is 5.97 Å². The number of allylic oxidation sites excluding steroid dienone is 4. The Bertz CT molecular complexity index is 604. The molecular weight excluding hydrogens is 316 g/mol. The van der Waals surface area contributed by atoms with Crippen molar-refractivity contribution in [3.05, 3.63) is 59.4 Å². The molecule has 0 amide bonds. The first-order chi connectivity index (χ1) is 12.1. The van der Waals surface area contributed by atoms with E-state index in [-0.39, 0.29) is 18.9 Å². The predicted molar refractivity (Wildman–Crippen MR) is 98.1 cm³/mol. The average molecular weight is 344 g/mol. The predicted octanol–water partition coefficient (Wildman–Crippen LogP) is 4.87. The molecule has 0 fully saturated rings. The summed E-state index contributed by atoms with van der Waals surface area (Å²) in [5.74, 6) is 1.24. The second-order valence-electron chi connectivity index (χ2n) is 6.24. The molecule has 2 atom stereocenters. The Hall–Kier alpha value is -2.07. The smallest absolute Gasteiger partial charge is 0.338 e. The van der Waals surface area contributed by atoms with Gasteiger partial charge in [0, 0.05) is 6.42 Å². The highest BCUT2D eigenvalue weighted by Gasteiger charge is 2.14. The lowest BCUT2D eigenvalue weighted by atomic mass is 9.91. The number of esters is 1. The maximum Gasteiger partial charge on any atom is 0.338 e. The molecule has 0 saturated heterocycles. The number of carbonyl (C=O) groups excluding carboxylic acids is 1. The third-order valence-corrected chi connectivity index (χ3v) is 4.38. The van der Waals surface area contributed by atoms with E-state index in [1.54, 1.807) is 12.1 Å². The van der Waals surface area contributed by atoms with Crippen molar-refractivity contribution in [2.75, 3.05) is 13.2 Å². The molecule has 1 aromatic rings. The molecule has 0 aromatic heterocycles. The van der Waals surface area contributed by atoms with Crippen molar-refractivity contribution >= 4 is 5.97 Å². The minimum atomic E-state index is -0.361. The van der Waals surface area contributed by atoms with Crippen LogP contribution in [0.5, 0.6) is 0 Å². The molecule has 4 heteroatoms. The number of ether oxygens (including phenoxy) is 3. The van der Waals surface area contributed by atoms with Crippen LogP contribution in [0.1, 0.15) is 50.4 Å². The van der Waals surface area contributed by atoms with Crippen LogP contribution in [0.25, 0.3) is 0 Å². The highest BCUT2D eigenvalue weighted by Crippen LogP contribution is 2.27. The first-order valence-corrected chi connectivity index (χ1v) is 9.00. The quantitative estimate of drug-likeness (QED) is 0.364. The van der Waals surface area contributed by atoms with Crippen molar-refractivity contribution in [1.82, 2.24) is 0 Å². The van der Waals surface area contributed by atoms with Crippen LogP contribution in [0, 0.1) is 5.92 Å². The summed E-state index contributed by atoms with van der Waals surface area (Å²) in [6.07, 6.45) is 6.97. The Balaban J connectivity index is 1.66. The summed E-state index contributed by atoms with van der Waals surface area (Å²) >= 11 is 0. The van der Waals surface area contributed by atoms with Crippen LogP contribution in [0.2, 0.25) is 0 Å². The number of hydrogen-bond acceptors (Lipinski definition) is 4. The van der Waals surface area contributed by atoms with Crippen molar-refractivity contribution in [3.8, 4) is 0 Å². The lowest BCUT2D eigenvalue weighted by Crippen LogP contribution is -2.18. The topological polar surface area (TPSA) is 44.8 Å². The van der Waals surface area contributed by atoms with Gasteiger partial charge in [-0.1, -0.05) is 43.7 Å². The van der Waals surface area contributed by atoms with Crippen LogP contribution in [-0.2, 0) is 14.2 Å². The van der Waals surface area contributed by atoms with E-state index in [2.05, 4.69) is 19.9 Å². The SMILES string of the molecule is CCC(C)C1=CC=C(OC(C)OCCOC(=O)c2ccccc2)CC1. The standard InChI is InChI=1S/C21H28O4/c1-4-16(2)18-10-12-20(13-11-18)25-17(3)23-14-15-24-21(22)19-8-6-5-7-9-19/h5-10,12,16-17H,4,11,13-15H2,1-3H3. The fourth-order valence-electron chi connectivity index (χ4n) is 2.66. The third kappa shape index (κ3) is 6.39. The summed E-state index contributed by atoms with van der Waals surface area (Å²) in [4.78, 5) is 11.8. The molecule has 1 aliphatic carbocycles. The van der Waals surface area contributed by atoms with E-state index >= 15 is 0 Å². The van der Waals surface area contributed by atoms with Crippen molar-refractivity contribution in [1.29, 1.82) is 0 Å². The minimum Gasteiger partial charge on any atom is -0.470 e. The Morgan fingerprint density at radius 2 is 1.84 bits per heavy atom. The number of carbonyl (C=O) groups is 1. The van der Waals surface area contributed by atoms with E-state index in [4.69, 9.17) is 14.2 Å². The van der Waals surface area contributed by atoms with Gasteiger partial charge in [-0.2, -0.15) is 0 Å². The third-order valence-electron chi connectivity index (χ3n) is 4.38. The molecule has 2 unspecified atom stereocenters. The first-order valence-electron chi connectivity index (χ1n) is 9.00. The average Bonchev–Trinajstić information content (AvgIpc) is 2.65. The van der Waals surface area contributed by atoms with Crippen LogP contribution in [0.4, 0.5) is 0 Å². The monoisotopic (exact) mass is 344 g/mol. The van der Waals surface area contributed by atoms with Gasteiger partial charge in [0.15, 0.2) is 6.29 Å². The van der Waals surface area contributed by atoms with E-state index in [0.717, 1.165) is 25.0 Å². The van der Waals surface area contributed by atoms with E-state index in [9.17, 15) is 4.79 Å². The maximum atomic E-state index is 11.8. The van der Waals surface area contributed by atoms with Gasteiger partial charge in [0.1, 0.15) is 6.61 Å². The Morgan fingerprint density at radius 3 is 2.48 bits per heavy atom. The summed E-state index contributed by atoms with van der Waals surface area (Å²) in [7, 11) is 0. The molecule has 1 aromatic carbocycles. The van der Waals surface area contributed by atoms with Gasteiger partial charge < -0.3 is 14.2 Å². The van der Waals surface area contributed by atoms with E-state index in [1.807, 2.05) is 31.2 Å². The summed E-state index contributed by atoms with van der Waals surface area (Å²) in [5.41, 5.74) is 2.03. The van der Waals surface area contributed by atoms with Gasteiger partial charge in [0.05, 0.1) is 17.9 Å². The van der Waals surface area contributed by atoms with Crippen LogP contribution in [-0.4, -0.2) is 25.5 Å². The zero-order chi connectivity index (χ0) is 18.1. The zero-order valence-electron chi connectivity index (χ0n) is 15.4. The van der Waals surface area contributed by atoms with Crippen molar-refractivity contribution in [2.24, 2.45) is 5.92 Å². The van der Waals surface area contributed by atoms with Gasteiger partial charge in [-0.25, -0.2) is 4.79 Å². The molecule has 4 nitrogen and oxygen atoms in total. The first kappa shape index (κ1) is 19.3. The highest BCUT2D eigenvalue weighted by molar-refractivity contribution is 5.89. The van der Waals surface area contributed by atoms with E-state index in [1.165, 1.54) is 5.57 Å². The number of hydrogen-bond donors (Lipinski definition) is 0. The molecule has 0 spiro atoms. The molecule has 136 valence electrons. The molecule has 0 radical (unpaired) electrons. The Kier molecular flexibility index (Phi) is 7.74. The van der Waals surface area contributed by atoms with Crippen molar-refractivity contribution in [2.45, 2.75) is 46.3 Å². The van der Waals surface area contributed by atoms with Crippen molar-refractivity contribution < 1.29 is 19.0 Å². The maximum absolute atomic E-state index is 11.8. The van der Waals surface area contributed by atoms with E-state index < -0.39 is 0 Å². The molecule has 2 rings (SSSR count). The minimum absolute atomic E-state index is 0.207. The van der Waals surface area contributed by atoms with Gasteiger partial charge in [-0.3, -0.25) is 0 Å². The molecule has 0 bridgehead atoms. The van der Waals surface area contributed by atoms with E-state index in [0.29, 0.717) is 18.1 Å². The molecule has 0 heterocycles. The second-order valence-corrected chi connectivity index (χ2v) is 6.24. The second kappa shape index (κ2) is 10.0. The number of benzene rings is 1. The van der Waals surface area contributed by atoms with Crippen molar-refractivity contribution in [3.63, 3.8) is 0 Å². The zero-order valence-corrected chi connectivity index (χ0v) is 15.4. The van der Waals surface area contributed by atoms with Crippen LogP contribution < -0.4 is 0 Å². The van der Waals surface area contributed by atoms with Gasteiger partial charge in [0.2, 0.25) is 0 Å². The fourth-order valence-corrected chi connectivity index (χ4v) is 2.66. The normalized spacial score (nSPS) is 16.4. The number of rotatable bonds is 9. The molecule has 0 N–H and O–H groups in total. The Labute approximate surface area is 150 Å².